The van der Waals surface area contributed by atoms with Crippen LogP contribution in [0.5, 0.6) is 0 Å². The molecule has 6 nitrogen and oxygen atoms in total. The number of benzene rings is 1. The minimum Gasteiger partial charge on any atom is -0.371 e. The summed E-state index contributed by atoms with van der Waals surface area (Å²) in [5, 5.41) is 0. The number of nitrogens with two attached hydrogens (primary N) is 1. The highest BCUT2D eigenvalue weighted by atomic mass is 19.4. The number of piperidine rings is 2. The average Bonchev–Trinajstić information content (AvgIpc) is 3.27. The third-order valence-corrected chi connectivity index (χ3v) is 8.37. The van der Waals surface area contributed by atoms with Crippen molar-refractivity contribution >= 4 is 17.5 Å². The zero-order valence-electron chi connectivity index (χ0n) is 21.9. The fourth-order valence-corrected chi connectivity index (χ4v) is 5.94. The molecule has 0 radical (unpaired) electrons. The topological polar surface area (TPSA) is 69.9 Å². The molecule has 0 spiro atoms. The molecule has 0 saturated carbocycles. The van der Waals surface area contributed by atoms with Crippen LogP contribution in [0.2, 0.25) is 0 Å². The number of nitrogens with zero attached hydrogens (tertiary/aromatic N) is 3. The van der Waals surface area contributed by atoms with E-state index in [2.05, 4.69) is 0 Å². The molecule has 3 saturated heterocycles. The summed E-state index contributed by atoms with van der Waals surface area (Å²) in [5.74, 6) is -1.16. The minimum absolute atomic E-state index is 0.0413. The van der Waals surface area contributed by atoms with Gasteiger partial charge in [0, 0.05) is 62.8 Å². The Morgan fingerprint density at radius 2 is 1.59 bits per heavy atom. The zero-order valence-corrected chi connectivity index (χ0v) is 21.9. The summed E-state index contributed by atoms with van der Waals surface area (Å²) >= 11 is 0. The van der Waals surface area contributed by atoms with Gasteiger partial charge in [-0.25, -0.2) is 4.39 Å². The van der Waals surface area contributed by atoms with Crippen molar-refractivity contribution in [2.24, 2.45) is 11.7 Å². The number of primary amides is 1. The van der Waals surface area contributed by atoms with E-state index in [1.807, 2.05) is 30.6 Å². The van der Waals surface area contributed by atoms with Crippen LogP contribution in [0.4, 0.5) is 23.2 Å². The summed E-state index contributed by atoms with van der Waals surface area (Å²) in [6, 6.07) is 3.87. The Morgan fingerprint density at radius 3 is 2.11 bits per heavy atom. The number of carbonyl (C=O) groups is 2. The average molecular weight is 527 g/mol. The van der Waals surface area contributed by atoms with Crippen LogP contribution in [0.15, 0.2) is 18.2 Å². The SMILES string of the molecule is CC(C)(C)N1CC[C@](F)(C(=O)N2CCC(c3ccc(C(F)(F)F)cc3N3CCC(C(N)=O)CC3)CC2)C1. The fraction of sp³-hybridized carbons (Fsp3) is 0.704. The first kappa shape index (κ1) is 27.7. The van der Waals surface area contributed by atoms with E-state index in [1.54, 1.807) is 11.0 Å². The second-order valence-electron chi connectivity index (χ2n) is 11.8. The third-order valence-electron chi connectivity index (χ3n) is 8.37. The molecule has 3 heterocycles. The molecule has 3 aliphatic rings. The summed E-state index contributed by atoms with van der Waals surface area (Å²) in [5.41, 5.74) is 3.95. The van der Waals surface area contributed by atoms with Crippen LogP contribution in [-0.4, -0.2) is 72.1 Å². The largest absolute Gasteiger partial charge is 0.416 e. The molecule has 10 heteroatoms. The number of likely N-dealkylation sites (tertiary alicyclic amines) is 2. The Hall–Kier alpha value is -2.36. The molecule has 4 rings (SSSR count). The fourth-order valence-electron chi connectivity index (χ4n) is 5.94. The number of alkyl halides is 4. The van der Waals surface area contributed by atoms with Gasteiger partial charge in [-0.1, -0.05) is 6.07 Å². The van der Waals surface area contributed by atoms with Crippen molar-refractivity contribution in [3.8, 4) is 0 Å². The van der Waals surface area contributed by atoms with Crippen LogP contribution in [0.3, 0.4) is 0 Å². The lowest BCUT2D eigenvalue weighted by atomic mass is 9.86. The molecule has 2 amide bonds. The normalized spacial score (nSPS) is 25.1. The van der Waals surface area contributed by atoms with Crippen molar-refractivity contribution < 1.29 is 27.2 Å². The zero-order chi connectivity index (χ0) is 27.2. The third kappa shape index (κ3) is 5.89. The molecule has 37 heavy (non-hydrogen) atoms. The van der Waals surface area contributed by atoms with E-state index >= 15 is 4.39 Å². The maximum atomic E-state index is 15.7. The predicted molar refractivity (Wildman–Crippen MR) is 134 cm³/mol. The van der Waals surface area contributed by atoms with Crippen LogP contribution < -0.4 is 10.6 Å². The maximum absolute atomic E-state index is 15.7. The maximum Gasteiger partial charge on any atom is 0.416 e. The molecule has 206 valence electrons. The van der Waals surface area contributed by atoms with E-state index in [-0.39, 0.29) is 36.2 Å². The van der Waals surface area contributed by atoms with E-state index in [4.69, 9.17) is 5.73 Å². The van der Waals surface area contributed by atoms with E-state index < -0.39 is 23.3 Å². The molecule has 3 fully saturated rings. The minimum atomic E-state index is -4.47. The Kier molecular flexibility index (Phi) is 7.53. The highest BCUT2D eigenvalue weighted by molar-refractivity contribution is 5.86. The van der Waals surface area contributed by atoms with Gasteiger partial charge in [-0.05, 0) is 70.1 Å². The lowest BCUT2D eigenvalue weighted by Crippen LogP contribution is -2.51. The van der Waals surface area contributed by atoms with E-state index in [9.17, 15) is 22.8 Å². The van der Waals surface area contributed by atoms with Crippen LogP contribution >= 0.6 is 0 Å². The number of anilines is 1. The lowest BCUT2D eigenvalue weighted by molar-refractivity contribution is -0.144. The summed E-state index contributed by atoms with van der Waals surface area (Å²) in [6.07, 6.45) is -2.17. The number of hydrogen-bond acceptors (Lipinski definition) is 4. The van der Waals surface area contributed by atoms with Gasteiger partial charge >= 0.3 is 6.18 Å². The quantitative estimate of drug-likeness (QED) is 0.594. The Labute approximate surface area is 216 Å². The summed E-state index contributed by atoms with van der Waals surface area (Å²) in [4.78, 5) is 30.2. The summed E-state index contributed by atoms with van der Waals surface area (Å²) < 4.78 is 56.3. The van der Waals surface area contributed by atoms with Gasteiger partial charge in [-0.15, -0.1) is 0 Å². The molecular formula is C27H38F4N4O2. The first-order chi connectivity index (χ1) is 17.2. The Morgan fingerprint density at radius 1 is 0.973 bits per heavy atom. The molecule has 1 atom stereocenters. The van der Waals surface area contributed by atoms with Crippen molar-refractivity contribution in [2.45, 2.75) is 76.2 Å². The number of halogens is 4. The molecule has 2 N–H and O–H groups in total. The number of amides is 2. The first-order valence-electron chi connectivity index (χ1n) is 13.2. The van der Waals surface area contributed by atoms with Gasteiger partial charge < -0.3 is 15.5 Å². The number of rotatable bonds is 4. The smallest absolute Gasteiger partial charge is 0.371 e. The van der Waals surface area contributed by atoms with Crippen LogP contribution in [-0.2, 0) is 15.8 Å². The highest BCUT2D eigenvalue weighted by Gasteiger charge is 2.49. The molecule has 0 aromatic heterocycles. The molecule has 1 aromatic carbocycles. The molecule has 0 bridgehead atoms. The van der Waals surface area contributed by atoms with Gasteiger partial charge in [0.2, 0.25) is 11.6 Å². The van der Waals surface area contributed by atoms with Gasteiger partial charge in [-0.3, -0.25) is 14.5 Å². The molecule has 0 aliphatic carbocycles. The van der Waals surface area contributed by atoms with Gasteiger partial charge in [-0.2, -0.15) is 13.2 Å². The Balaban J connectivity index is 1.48. The summed E-state index contributed by atoms with van der Waals surface area (Å²) in [6.45, 7) is 8.28. The number of hydrogen-bond donors (Lipinski definition) is 1. The second kappa shape index (κ2) is 10.1. The van der Waals surface area contributed by atoms with Gasteiger partial charge in [0.1, 0.15) is 0 Å². The Bertz CT molecular complexity index is 1010. The van der Waals surface area contributed by atoms with Gasteiger partial charge in [0.05, 0.1) is 5.56 Å². The van der Waals surface area contributed by atoms with Crippen LogP contribution in [0, 0.1) is 5.92 Å². The van der Waals surface area contributed by atoms with Crippen molar-refractivity contribution in [1.82, 2.24) is 9.80 Å². The van der Waals surface area contributed by atoms with Crippen LogP contribution in [0.25, 0.3) is 0 Å². The lowest BCUT2D eigenvalue weighted by Gasteiger charge is -2.39. The second-order valence-corrected chi connectivity index (χ2v) is 11.8. The standard InChI is InChI=1S/C27H38F4N4O2/c1-25(2,3)35-15-10-26(28,17-35)24(37)34-13-6-18(7-14-34)21-5-4-20(27(29,30)31)16-22(21)33-11-8-19(9-12-33)23(32)36/h4-5,16,18-19H,6-15,17H2,1-3H3,(H2,32,36)/t26-/m1/s1. The van der Waals surface area contributed by atoms with Crippen molar-refractivity contribution in [2.75, 3.05) is 44.2 Å². The first-order valence-corrected chi connectivity index (χ1v) is 13.2. The summed E-state index contributed by atoms with van der Waals surface area (Å²) in [7, 11) is 0. The molecule has 0 unspecified atom stereocenters. The van der Waals surface area contributed by atoms with Crippen molar-refractivity contribution in [3.05, 3.63) is 29.3 Å². The van der Waals surface area contributed by atoms with Gasteiger partial charge in [0.25, 0.3) is 5.91 Å². The molecular weight excluding hydrogens is 488 g/mol. The van der Waals surface area contributed by atoms with Gasteiger partial charge in [0.15, 0.2) is 0 Å². The van der Waals surface area contributed by atoms with Crippen molar-refractivity contribution in [1.29, 1.82) is 0 Å². The van der Waals surface area contributed by atoms with Crippen molar-refractivity contribution in [3.63, 3.8) is 0 Å². The number of carbonyl (C=O) groups excluding carboxylic acids is 2. The molecule has 1 aromatic rings. The van der Waals surface area contributed by atoms with E-state index in [0.717, 1.165) is 11.6 Å². The monoisotopic (exact) mass is 526 g/mol. The van der Waals surface area contributed by atoms with E-state index in [1.165, 1.54) is 6.07 Å². The predicted octanol–water partition coefficient (Wildman–Crippen LogP) is 4.33. The molecule has 3 aliphatic heterocycles. The highest BCUT2D eigenvalue weighted by Crippen LogP contribution is 2.41. The van der Waals surface area contributed by atoms with E-state index in [0.29, 0.717) is 64.1 Å². The van der Waals surface area contributed by atoms with Crippen LogP contribution in [0.1, 0.15) is 69.9 Å².